The van der Waals surface area contributed by atoms with Crippen molar-refractivity contribution in [2.45, 2.75) is 88.7 Å². The number of carbonyl (C=O) groups is 2. The zero-order chi connectivity index (χ0) is 30.4. The third kappa shape index (κ3) is 8.14. The Labute approximate surface area is 250 Å². The summed E-state index contributed by atoms with van der Waals surface area (Å²) in [4.78, 5) is 27.7. The lowest BCUT2D eigenvalue weighted by molar-refractivity contribution is -0.253. The largest absolute Gasteiger partial charge is 0.471 e. The first-order valence-corrected chi connectivity index (χ1v) is 15.2. The normalized spacial score (nSPS) is 25.6. The van der Waals surface area contributed by atoms with Crippen LogP contribution in [0.25, 0.3) is 0 Å². The topological polar surface area (TPSA) is 91.3 Å². The molecule has 3 saturated heterocycles. The summed E-state index contributed by atoms with van der Waals surface area (Å²) in [7, 11) is 0. The van der Waals surface area contributed by atoms with Gasteiger partial charge in [0.2, 0.25) is 5.91 Å². The van der Waals surface area contributed by atoms with Gasteiger partial charge in [-0.3, -0.25) is 9.59 Å². The van der Waals surface area contributed by atoms with Crippen LogP contribution in [-0.2, 0) is 25.7 Å². The number of hydrogen-bond acceptors (Lipinski definition) is 6. The number of aliphatic hydroxyl groups excluding tert-OH is 1. The van der Waals surface area contributed by atoms with Gasteiger partial charge in [-0.15, -0.1) is 0 Å². The van der Waals surface area contributed by atoms with Crippen LogP contribution >= 0.6 is 0 Å². The highest BCUT2D eigenvalue weighted by atomic mass is 19.4. The minimum absolute atomic E-state index is 0.0323. The van der Waals surface area contributed by atoms with Crippen molar-refractivity contribution in [3.05, 3.63) is 65.2 Å². The Kier molecular flexibility index (Phi) is 10.4. The highest BCUT2D eigenvalue weighted by molar-refractivity contribution is 5.98. The Morgan fingerprint density at radius 2 is 1.51 bits per heavy atom. The maximum absolute atomic E-state index is 13.0. The molecule has 0 aliphatic carbocycles. The van der Waals surface area contributed by atoms with E-state index in [-0.39, 0.29) is 31.8 Å². The molecule has 43 heavy (non-hydrogen) atoms. The van der Waals surface area contributed by atoms with Crippen LogP contribution in [0.2, 0.25) is 0 Å². The third-order valence-corrected chi connectivity index (χ3v) is 8.53. The number of carbonyl (C=O) groups excluding carboxylic acids is 2. The Bertz CT molecular complexity index is 1220. The van der Waals surface area contributed by atoms with E-state index in [4.69, 9.17) is 9.47 Å². The van der Waals surface area contributed by atoms with Gasteiger partial charge in [0, 0.05) is 30.8 Å². The molecular weight excluding hydrogens is 563 g/mol. The van der Waals surface area contributed by atoms with E-state index >= 15 is 0 Å². The van der Waals surface area contributed by atoms with Gasteiger partial charge in [-0.25, -0.2) is 0 Å². The monoisotopic (exact) mass is 603 g/mol. The summed E-state index contributed by atoms with van der Waals surface area (Å²) in [6, 6.07) is 13.4. The van der Waals surface area contributed by atoms with Crippen LogP contribution in [0, 0.1) is 0 Å². The van der Waals surface area contributed by atoms with Crippen LogP contribution < -0.4 is 5.32 Å². The van der Waals surface area contributed by atoms with Crippen molar-refractivity contribution in [3.63, 3.8) is 0 Å². The Morgan fingerprint density at radius 3 is 2.16 bits per heavy atom. The van der Waals surface area contributed by atoms with E-state index in [0.29, 0.717) is 23.4 Å². The van der Waals surface area contributed by atoms with Gasteiger partial charge >= 0.3 is 12.1 Å². The first-order chi connectivity index (χ1) is 20.7. The second kappa shape index (κ2) is 14.2. The van der Waals surface area contributed by atoms with Crippen molar-refractivity contribution in [1.82, 2.24) is 9.80 Å². The van der Waals surface area contributed by atoms with Crippen LogP contribution in [0.4, 0.5) is 18.9 Å². The van der Waals surface area contributed by atoms with Gasteiger partial charge < -0.3 is 29.7 Å². The number of alkyl halides is 3. The zero-order valence-electron chi connectivity index (χ0n) is 24.2. The summed E-state index contributed by atoms with van der Waals surface area (Å²) < 4.78 is 51.9. The van der Waals surface area contributed by atoms with Crippen molar-refractivity contribution < 1.29 is 37.3 Å². The number of nitrogens with one attached hydrogen (secondary N) is 1. The number of aliphatic hydroxyl groups is 1. The minimum Gasteiger partial charge on any atom is -0.392 e. The third-order valence-electron chi connectivity index (χ3n) is 8.53. The molecular formula is C32H40F3N3O5. The highest BCUT2D eigenvalue weighted by Gasteiger charge is 2.47. The number of hydrogen-bond donors (Lipinski definition) is 2. The molecule has 0 unspecified atom stereocenters. The van der Waals surface area contributed by atoms with Crippen molar-refractivity contribution >= 4 is 17.5 Å². The Morgan fingerprint density at radius 1 is 0.860 bits per heavy atom. The van der Waals surface area contributed by atoms with Gasteiger partial charge in [-0.05, 0) is 62.0 Å². The standard InChI is InChI=1S/C32H40F3N3O5/c33-32(34,35)31(41)38-18-6-7-27(38)29(40)36-25-14-12-24(13-15-25)30-42-26(20-37-16-4-2-1-3-5-17-37)19-28(43-30)23-10-8-22(21-39)9-11-23/h8-15,26-28,30,39H,1-7,16-21H2,(H,36,40)/t26-,27-,28+,30+/m0/s1. The Hall–Kier alpha value is -2.99. The van der Waals surface area contributed by atoms with Gasteiger partial charge in [0.05, 0.1) is 18.8 Å². The molecule has 2 aromatic carbocycles. The molecule has 4 atom stereocenters. The molecule has 0 aromatic heterocycles. The lowest BCUT2D eigenvalue weighted by Gasteiger charge is -2.38. The van der Waals surface area contributed by atoms with E-state index in [1.165, 1.54) is 32.1 Å². The van der Waals surface area contributed by atoms with E-state index in [2.05, 4.69) is 10.2 Å². The van der Waals surface area contributed by atoms with Crippen LogP contribution in [0.3, 0.4) is 0 Å². The molecule has 3 aliphatic rings. The summed E-state index contributed by atoms with van der Waals surface area (Å²) in [6.07, 6.45) is 1.36. The van der Waals surface area contributed by atoms with Gasteiger partial charge in [-0.2, -0.15) is 13.2 Å². The van der Waals surface area contributed by atoms with Crippen molar-refractivity contribution in [3.8, 4) is 0 Å². The molecule has 0 spiro atoms. The van der Waals surface area contributed by atoms with Crippen molar-refractivity contribution in [2.75, 3.05) is 31.5 Å². The van der Waals surface area contributed by atoms with E-state index in [0.717, 1.165) is 36.3 Å². The van der Waals surface area contributed by atoms with E-state index in [9.17, 15) is 27.9 Å². The first-order valence-electron chi connectivity index (χ1n) is 15.2. The van der Waals surface area contributed by atoms with Gasteiger partial charge in [-0.1, -0.05) is 55.7 Å². The average molecular weight is 604 g/mol. The summed E-state index contributed by atoms with van der Waals surface area (Å²) in [5.74, 6) is -2.63. The molecule has 2 N–H and O–H groups in total. The van der Waals surface area contributed by atoms with Crippen LogP contribution in [-0.4, -0.2) is 71.2 Å². The van der Waals surface area contributed by atoms with E-state index < -0.39 is 30.3 Å². The van der Waals surface area contributed by atoms with Crippen LogP contribution in [0.1, 0.15) is 80.5 Å². The second-order valence-corrected chi connectivity index (χ2v) is 11.7. The minimum atomic E-state index is -5.02. The number of anilines is 1. The number of amides is 2. The van der Waals surface area contributed by atoms with Crippen molar-refractivity contribution in [2.24, 2.45) is 0 Å². The number of likely N-dealkylation sites (tertiary alicyclic amines) is 2. The number of ether oxygens (including phenoxy) is 2. The molecule has 0 radical (unpaired) electrons. The second-order valence-electron chi connectivity index (χ2n) is 11.7. The number of benzene rings is 2. The van der Waals surface area contributed by atoms with E-state index in [1.807, 2.05) is 24.3 Å². The lowest BCUT2D eigenvalue weighted by atomic mass is 9.99. The molecule has 234 valence electrons. The fourth-order valence-electron chi connectivity index (χ4n) is 6.21. The predicted octanol–water partition coefficient (Wildman–Crippen LogP) is 5.48. The molecule has 0 saturated carbocycles. The fourth-order valence-corrected chi connectivity index (χ4v) is 6.21. The maximum Gasteiger partial charge on any atom is 0.471 e. The predicted molar refractivity (Wildman–Crippen MR) is 154 cm³/mol. The first kappa shape index (κ1) is 31.4. The summed E-state index contributed by atoms with van der Waals surface area (Å²) in [6.45, 7) is 2.75. The smallest absolute Gasteiger partial charge is 0.392 e. The molecule has 11 heteroatoms. The lowest BCUT2D eigenvalue weighted by Crippen LogP contribution is -2.48. The SMILES string of the molecule is O=C(Nc1ccc([C@@H]2O[C@H](CN3CCCCCCC3)C[C@H](c3ccc(CO)cc3)O2)cc1)[C@@H]1CCCN1C(=O)C(F)(F)F. The molecule has 3 fully saturated rings. The molecule has 2 aromatic rings. The molecule has 8 nitrogen and oxygen atoms in total. The van der Waals surface area contributed by atoms with Crippen LogP contribution in [0.5, 0.6) is 0 Å². The number of nitrogens with zero attached hydrogens (tertiary/aromatic N) is 2. The average Bonchev–Trinajstić information content (AvgIpc) is 3.48. The summed E-state index contributed by atoms with van der Waals surface area (Å²) in [5.41, 5.74) is 2.98. The molecule has 0 bridgehead atoms. The summed E-state index contributed by atoms with van der Waals surface area (Å²) >= 11 is 0. The van der Waals surface area contributed by atoms with Crippen LogP contribution in [0.15, 0.2) is 48.5 Å². The van der Waals surface area contributed by atoms with Gasteiger partial charge in [0.25, 0.3) is 0 Å². The Balaban J connectivity index is 1.28. The number of halogens is 3. The van der Waals surface area contributed by atoms with Gasteiger partial charge in [0.1, 0.15) is 6.04 Å². The number of rotatable bonds is 7. The van der Waals surface area contributed by atoms with Gasteiger partial charge in [0.15, 0.2) is 6.29 Å². The molecule has 2 amide bonds. The van der Waals surface area contributed by atoms with Crippen molar-refractivity contribution in [1.29, 1.82) is 0 Å². The molecule has 3 aliphatic heterocycles. The molecule has 3 heterocycles. The quantitative estimate of drug-likeness (QED) is 0.436. The highest BCUT2D eigenvalue weighted by Crippen LogP contribution is 2.38. The summed E-state index contributed by atoms with van der Waals surface area (Å²) in [5, 5.41) is 12.1. The van der Waals surface area contributed by atoms with E-state index in [1.54, 1.807) is 24.3 Å². The maximum atomic E-state index is 13.0. The fraction of sp³-hybridized carbons (Fsp3) is 0.562. The zero-order valence-corrected chi connectivity index (χ0v) is 24.2. The molecule has 5 rings (SSSR count).